The summed E-state index contributed by atoms with van der Waals surface area (Å²) in [5, 5.41) is 3.61. The van der Waals surface area contributed by atoms with Gasteiger partial charge in [0.2, 0.25) is 17.8 Å². The zero-order valence-corrected chi connectivity index (χ0v) is 19.8. The van der Waals surface area contributed by atoms with Crippen LogP contribution in [0.3, 0.4) is 0 Å². The van der Waals surface area contributed by atoms with Crippen LogP contribution in [0.1, 0.15) is 57.8 Å². The van der Waals surface area contributed by atoms with Crippen molar-refractivity contribution in [1.82, 2.24) is 15.0 Å². The number of hydrogen-bond donors (Lipinski definition) is 5. The van der Waals surface area contributed by atoms with E-state index >= 15 is 0 Å². The number of anilines is 3. The Morgan fingerprint density at radius 1 is 0.625 bits per heavy atom. The summed E-state index contributed by atoms with van der Waals surface area (Å²) in [6, 6.07) is 0.455. The van der Waals surface area contributed by atoms with Gasteiger partial charge in [-0.25, -0.2) is 0 Å². The third-order valence-corrected chi connectivity index (χ3v) is 6.65. The number of nitrogens with zero attached hydrogens (tertiary/aromatic N) is 5. The van der Waals surface area contributed by atoms with Gasteiger partial charge >= 0.3 is 0 Å². The Morgan fingerprint density at radius 2 is 1.03 bits per heavy atom. The SMILES string of the molecule is Cl.N[C@@H]1C[C@H](N)CN(c2nc(NC3CCCCCCC3)nc(N3C[C@H](N)C[C@H](N)C3)n2)C1. The Hall–Kier alpha value is -1.46. The van der Waals surface area contributed by atoms with E-state index in [1.807, 2.05) is 0 Å². The summed E-state index contributed by atoms with van der Waals surface area (Å²) >= 11 is 0. The molecule has 4 rings (SSSR count). The maximum Gasteiger partial charge on any atom is 0.232 e. The summed E-state index contributed by atoms with van der Waals surface area (Å²) in [7, 11) is 0. The predicted octanol–water partition coefficient (Wildman–Crippen LogP) is 0.548. The van der Waals surface area contributed by atoms with Crippen molar-refractivity contribution in [1.29, 1.82) is 0 Å². The summed E-state index contributed by atoms with van der Waals surface area (Å²) in [6.45, 7) is 2.77. The zero-order valence-electron chi connectivity index (χ0n) is 19.0. The molecule has 2 saturated heterocycles. The molecule has 3 fully saturated rings. The van der Waals surface area contributed by atoms with Crippen LogP contribution in [0.2, 0.25) is 0 Å². The summed E-state index contributed by atoms with van der Waals surface area (Å²) < 4.78 is 0. The van der Waals surface area contributed by atoms with Gasteiger partial charge < -0.3 is 38.1 Å². The van der Waals surface area contributed by atoms with E-state index in [1.54, 1.807) is 0 Å². The number of rotatable bonds is 4. The van der Waals surface area contributed by atoms with Crippen molar-refractivity contribution >= 4 is 30.3 Å². The number of aromatic nitrogens is 3. The minimum atomic E-state index is 0. The lowest BCUT2D eigenvalue weighted by atomic mass is 9.97. The molecule has 0 unspecified atom stereocenters. The molecule has 0 bridgehead atoms. The lowest BCUT2D eigenvalue weighted by Crippen LogP contribution is -2.54. The van der Waals surface area contributed by atoms with E-state index in [0.29, 0.717) is 50.1 Å². The van der Waals surface area contributed by atoms with Crippen LogP contribution < -0.4 is 38.1 Å². The molecule has 1 aromatic rings. The van der Waals surface area contributed by atoms with E-state index in [2.05, 4.69) is 15.1 Å². The summed E-state index contributed by atoms with van der Waals surface area (Å²) in [6.07, 6.45) is 10.4. The molecule has 4 atom stereocenters. The fraction of sp³-hybridized carbons (Fsp3) is 0.857. The van der Waals surface area contributed by atoms with E-state index < -0.39 is 0 Å². The standard InChI is InChI=1S/C21H40N10.ClH/c22-14-8-15(23)11-30(10-14)20-27-19(26-18-6-4-2-1-3-5-7-18)28-21(29-20)31-12-16(24)9-17(25)13-31;/h14-18H,1-13,22-25H2,(H,26,27,28,29);1H/t14-,15+,16-,17+;. The normalized spacial score (nSPS) is 30.2. The number of nitrogens with two attached hydrogens (primary N) is 4. The summed E-state index contributed by atoms with van der Waals surface area (Å²) in [5.41, 5.74) is 25.0. The van der Waals surface area contributed by atoms with Gasteiger partial charge in [-0.3, -0.25) is 0 Å². The van der Waals surface area contributed by atoms with Gasteiger partial charge in [0.25, 0.3) is 0 Å². The maximum atomic E-state index is 6.24. The summed E-state index contributed by atoms with van der Waals surface area (Å²) in [5.74, 6) is 1.90. The van der Waals surface area contributed by atoms with E-state index in [0.717, 1.165) is 25.7 Å². The average Bonchev–Trinajstić information content (AvgIpc) is 2.68. The van der Waals surface area contributed by atoms with Crippen LogP contribution in [0.5, 0.6) is 0 Å². The van der Waals surface area contributed by atoms with Crippen LogP contribution in [0.25, 0.3) is 0 Å². The molecule has 1 aromatic heterocycles. The fourth-order valence-electron chi connectivity index (χ4n) is 5.17. The lowest BCUT2D eigenvalue weighted by Gasteiger charge is -2.37. The molecule has 11 heteroatoms. The van der Waals surface area contributed by atoms with Crippen molar-refractivity contribution < 1.29 is 0 Å². The first kappa shape index (κ1) is 25.2. The zero-order chi connectivity index (χ0) is 21.8. The molecule has 3 heterocycles. The van der Waals surface area contributed by atoms with Crippen molar-refractivity contribution in [3.8, 4) is 0 Å². The van der Waals surface area contributed by atoms with Gasteiger partial charge in [-0.2, -0.15) is 15.0 Å². The second kappa shape index (κ2) is 11.6. The van der Waals surface area contributed by atoms with Gasteiger partial charge in [0, 0.05) is 56.4 Å². The number of hydrogen-bond acceptors (Lipinski definition) is 10. The average molecular weight is 469 g/mol. The van der Waals surface area contributed by atoms with Gasteiger partial charge in [-0.05, 0) is 25.7 Å². The Kier molecular flexibility index (Phi) is 9.13. The van der Waals surface area contributed by atoms with Gasteiger partial charge in [-0.1, -0.05) is 32.1 Å². The molecule has 0 spiro atoms. The molecular weight excluding hydrogens is 428 g/mol. The number of halogens is 1. The van der Waals surface area contributed by atoms with Crippen molar-refractivity contribution in [2.75, 3.05) is 41.3 Å². The Morgan fingerprint density at radius 3 is 1.47 bits per heavy atom. The van der Waals surface area contributed by atoms with Crippen LogP contribution in [0.4, 0.5) is 17.8 Å². The second-order valence-corrected chi connectivity index (χ2v) is 9.77. The highest BCUT2D eigenvalue weighted by Gasteiger charge is 2.29. The van der Waals surface area contributed by atoms with E-state index in [9.17, 15) is 0 Å². The number of nitrogens with one attached hydrogen (secondary N) is 1. The van der Waals surface area contributed by atoms with Crippen molar-refractivity contribution in [2.24, 2.45) is 22.9 Å². The van der Waals surface area contributed by atoms with Crippen molar-refractivity contribution in [2.45, 2.75) is 88.0 Å². The molecule has 2 aliphatic heterocycles. The predicted molar refractivity (Wildman–Crippen MR) is 132 cm³/mol. The molecule has 0 radical (unpaired) electrons. The molecule has 182 valence electrons. The van der Waals surface area contributed by atoms with E-state index in [4.69, 9.17) is 37.9 Å². The Labute approximate surface area is 197 Å². The molecular formula is C21H41ClN10. The Bertz CT molecular complexity index is 650. The van der Waals surface area contributed by atoms with Crippen molar-refractivity contribution in [3.05, 3.63) is 0 Å². The van der Waals surface area contributed by atoms with Crippen LogP contribution >= 0.6 is 12.4 Å². The topological polar surface area (TPSA) is 161 Å². The molecule has 10 nitrogen and oxygen atoms in total. The van der Waals surface area contributed by atoms with E-state index in [1.165, 1.54) is 32.1 Å². The van der Waals surface area contributed by atoms with Crippen molar-refractivity contribution in [3.63, 3.8) is 0 Å². The second-order valence-electron chi connectivity index (χ2n) is 9.77. The minimum Gasteiger partial charge on any atom is -0.351 e. The highest BCUT2D eigenvalue weighted by Crippen LogP contribution is 2.24. The third-order valence-electron chi connectivity index (χ3n) is 6.65. The van der Waals surface area contributed by atoms with Gasteiger partial charge in [0.05, 0.1) is 0 Å². The molecule has 9 N–H and O–H groups in total. The first-order valence-electron chi connectivity index (χ1n) is 12.0. The molecule has 0 aromatic carbocycles. The minimum absolute atomic E-state index is 0. The first-order chi connectivity index (χ1) is 15.0. The monoisotopic (exact) mass is 468 g/mol. The highest BCUT2D eigenvalue weighted by atomic mass is 35.5. The van der Waals surface area contributed by atoms with Crippen LogP contribution in [-0.4, -0.2) is 71.3 Å². The fourth-order valence-corrected chi connectivity index (χ4v) is 5.17. The van der Waals surface area contributed by atoms with Crippen LogP contribution in [0, 0.1) is 0 Å². The molecule has 1 saturated carbocycles. The number of piperidine rings is 2. The lowest BCUT2D eigenvalue weighted by molar-refractivity contribution is 0.440. The third kappa shape index (κ3) is 6.77. The first-order valence-corrected chi connectivity index (χ1v) is 12.0. The molecule has 1 aliphatic carbocycles. The van der Waals surface area contributed by atoms with E-state index in [-0.39, 0.29) is 36.6 Å². The maximum absolute atomic E-state index is 6.24. The van der Waals surface area contributed by atoms with Gasteiger partial charge in [0.1, 0.15) is 0 Å². The Balaban J connectivity index is 0.00000289. The quantitative estimate of drug-likeness (QED) is 0.421. The van der Waals surface area contributed by atoms with Crippen LogP contribution in [0.15, 0.2) is 0 Å². The van der Waals surface area contributed by atoms with Gasteiger partial charge in [0.15, 0.2) is 0 Å². The van der Waals surface area contributed by atoms with Crippen LogP contribution in [-0.2, 0) is 0 Å². The van der Waals surface area contributed by atoms with Gasteiger partial charge in [-0.15, -0.1) is 12.4 Å². The molecule has 0 amide bonds. The molecule has 3 aliphatic rings. The summed E-state index contributed by atoms with van der Waals surface area (Å²) in [4.78, 5) is 18.6. The largest absolute Gasteiger partial charge is 0.351 e. The molecule has 32 heavy (non-hydrogen) atoms. The smallest absolute Gasteiger partial charge is 0.232 e. The highest BCUT2D eigenvalue weighted by molar-refractivity contribution is 5.85.